The second-order valence-electron chi connectivity index (χ2n) is 6.26. The van der Waals surface area contributed by atoms with Gasteiger partial charge in [0.05, 0.1) is 6.54 Å². The maximum atomic E-state index is 5.79. The summed E-state index contributed by atoms with van der Waals surface area (Å²) in [6.07, 6.45) is 0. The zero-order chi connectivity index (χ0) is 15.1. The van der Waals surface area contributed by atoms with E-state index in [1.807, 2.05) is 7.05 Å². The van der Waals surface area contributed by atoms with E-state index in [1.165, 1.54) is 5.56 Å². The number of furan rings is 1. The van der Waals surface area contributed by atoms with Crippen LogP contribution in [0.5, 0.6) is 0 Å². The number of rotatable bonds is 9. The largest absolute Gasteiger partial charge is 0.465 e. The maximum absolute atomic E-state index is 5.79. The molecule has 20 heavy (non-hydrogen) atoms. The third-order valence-electron chi connectivity index (χ3n) is 3.30. The molecule has 1 aromatic heterocycles. The molecule has 0 saturated carbocycles. The first kappa shape index (κ1) is 17.2. The van der Waals surface area contributed by atoms with Gasteiger partial charge in [0.15, 0.2) is 0 Å². The lowest BCUT2D eigenvalue weighted by Gasteiger charge is -2.25. The van der Waals surface area contributed by atoms with Crippen molar-refractivity contribution in [1.82, 2.24) is 15.1 Å². The lowest BCUT2D eigenvalue weighted by molar-refractivity contribution is 0.211. The summed E-state index contributed by atoms with van der Waals surface area (Å²) < 4.78 is 5.79. The Morgan fingerprint density at radius 2 is 1.95 bits per heavy atom. The Bertz CT molecular complexity index is 385. The Kier molecular flexibility index (Phi) is 7.27. The number of nitrogens with one attached hydrogen (secondary N) is 1. The molecule has 0 spiro atoms. The van der Waals surface area contributed by atoms with Gasteiger partial charge in [0, 0.05) is 31.7 Å². The van der Waals surface area contributed by atoms with Crippen LogP contribution >= 0.6 is 0 Å². The lowest BCUT2D eigenvalue weighted by Crippen LogP contribution is -2.34. The highest BCUT2D eigenvalue weighted by atomic mass is 16.3. The van der Waals surface area contributed by atoms with Gasteiger partial charge in [-0.05, 0) is 40.1 Å². The molecule has 1 rings (SSSR count). The molecule has 0 bridgehead atoms. The van der Waals surface area contributed by atoms with Crippen LogP contribution < -0.4 is 5.32 Å². The molecule has 1 aromatic rings. The van der Waals surface area contributed by atoms with Crippen molar-refractivity contribution in [2.75, 3.05) is 40.8 Å². The summed E-state index contributed by atoms with van der Waals surface area (Å²) in [5.74, 6) is 2.76. The van der Waals surface area contributed by atoms with Crippen LogP contribution in [0.25, 0.3) is 0 Å². The van der Waals surface area contributed by atoms with Crippen molar-refractivity contribution in [2.24, 2.45) is 5.92 Å². The highest BCUT2D eigenvalue weighted by molar-refractivity contribution is 5.20. The Morgan fingerprint density at radius 3 is 2.50 bits per heavy atom. The van der Waals surface area contributed by atoms with Gasteiger partial charge in [-0.15, -0.1) is 0 Å². The normalized spacial score (nSPS) is 12.1. The second kappa shape index (κ2) is 8.45. The van der Waals surface area contributed by atoms with Crippen LogP contribution in [0.1, 0.15) is 30.9 Å². The van der Waals surface area contributed by atoms with Crippen LogP contribution in [0.2, 0.25) is 0 Å². The first-order valence-corrected chi connectivity index (χ1v) is 7.52. The molecule has 0 aliphatic rings. The molecule has 0 saturated heterocycles. The number of likely N-dealkylation sites (N-methyl/N-ethyl adjacent to an activating group) is 1. The SMILES string of the molecule is CNCc1cc(CN(CCN(C)C)CC(C)C)c(C)o1. The van der Waals surface area contributed by atoms with Crippen molar-refractivity contribution < 1.29 is 4.42 Å². The summed E-state index contributed by atoms with van der Waals surface area (Å²) >= 11 is 0. The summed E-state index contributed by atoms with van der Waals surface area (Å²) in [6.45, 7) is 11.7. The van der Waals surface area contributed by atoms with E-state index >= 15 is 0 Å². The van der Waals surface area contributed by atoms with Crippen molar-refractivity contribution in [2.45, 2.75) is 33.9 Å². The van der Waals surface area contributed by atoms with Gasteiger partial charge >= 0.3 is 0 Å². The average Bonchev–Trinajstić information content (AvgIpc) is 2.66. The first-order chi connectivity index (χ1) is 9.42. The summed E-state index contributed by atoms with van der Waals surface area (Å²) in [4.78, 5) is 4.76. The molecule has 0 aromatic carbocycles. The Balaban J connectivity index is 2.67. The number of nitrogens with zero attached hydrogens (tertiary/aromatic N) is 2. The van der Waals surface area contributed by atoms with Gasteiger partial charge in [0.25, 0.3) is 0 Å². The maximum Gasteiger partial charge on any atom is 0.118 e. The third-order valence-corrected chi connectivity index (χ3v) is 3.30. The zero-order valence-electron chi connectivity index (χ0n) is 14.0. The van der Waals surface area contributed by atoms with Gasteiger partial charge in [-0.2, -0.15) is 0 Å². The van der Waals surface area contributed by atoms with Crippen molar-refractivity contribution in [3.63, 3.8) is 0 Å². The fraction of sp³-hybridized carbons (Fsp3) is 0.750. The molecule has 1 heterocycles. The molecule has 0 amide bonds. The van der Waals surface area contributed by atoms with E-state index in [0.29, 0.717) is 5.92 Å². The summed E-state index contributed by atoms with van der Waals surface area (Å²) in [5, 5.41) is 3.14. The molecule has 0 atom stereocenters. The molecule has 0 aliphatic carbocycles. The average molecular weight is 281 g/mol. The molecule has 0 fully saturated rings. The highest BCUT2D eigenvalue weighted by Gasteiger charge is 2.13. The fourth-order valence-corrected chi connectivity index (χ4v) is 2.34. The van der Waals surface area contributed by atoms with Gasteiger partial charge < -0.3 is 14.6 Å². The lowest BCUT2D eigenvalue weighted by atomic mass is 10.1. The molecular formula is C16H31N3O. The van der Waals surface area contributed by atoms with E-state index in [9.17, 15) is 0 Å². The number of hydrogen-bond donors (Lipinski definition) is 1. The van der Waals surface area contributed by atoms with Crippen LogP contribution in [0.15, 0.2) is 10.5 Å². The van der Waals surface area contributed by atoms with Crippen molar-refractivity contribution in [3.8, 4) is 0 Å². The molecule has 0 radical (unpaired) electrons. The molecule has 4 nitrogen and oxygen atoms in total. The van der Waals surface area contributed by atoms with E-state index in [2.05, 4.69) is 56.0 Å². The molecule has 1 N–H and O–H groups in total. The molecule has 116 valence electrons. The van der Waals surface area contributed by atoms with E-state index in [4.69, 9.17) is 4.42 Å². The highest BCUT2D eigenvalue weighted by Crippen LogP contribution is 2.17. The minimum atomic E-state index is 0.682. The topological polar surface area (TPSA) is 31.6 Å². The second-order valence-corrected chi connectivity index (χ2v) is 6.26. The van der Waals surface area contributed by atoms with Gasteiger partial charge in [0.1, 0.15) is 11.5 Å². The van der Waals surface area contributed by atoms with Crippen molar-refractivity contribution in [3.05, 3.63) is 23.2 Å². The minimum Gasteiger partial charge on any atom is -0.465 e. The van der Waals surface area contributed by atoms with E-state index in [1.54, 1.807) is 0 Å². The quantitative estimate of drug-likeness (QED) is 0.753. The van der Waals surface area contributed by atoms with Crippen LogP contribution in [-0.2, 0) is 13.1 Å². The minimum absolute atomic E-state index is 0.682. The van der Waals surface area contributed by atoms with Crippen molar-refractivity contribution in [1.29, 1.82) is 0 Å². The van der Waals surface area contributed by atoms with Gasteiger partial charge in [-0.25, -0.2) is 0 Å². The van der Waals surface area contributed by atoms with E-state index in [0.717, 1.165) is 44.2 Å². The smallest absolute Gasteiger partial charge is 0.118 e. The molecule has 4 heteroatoms. The third kappa shape index (κ3) is 6.07. The van der Waals surface area contributed by atoms with Gasteiger partial charge in [-0.3, -0.25) is 4.90 Å². The van der Waals surface area contributed by atoms with Crippen LogP contribution in [0.3, 0.4) is 0 Å². The summed E-state index contributed by atoms with van der Waals surface area (Å²) in [7, 11) is 6.20. The van der Waals surface area contributed by atoms with Crippen molar-refractivity contribution >= 4 is 0 Å². The summed E-state index contributed by atoms with van der Waals surface area (Å²) in [6, 6.07) is 2.19. The standard InChI is InChI=1S/C16H31N3O/c1-13(2)11-19(8-7-18(5)6)12-15-9-16(10-17-4)20-14(15)3/h9,13,17H,7-8,10-12H2,1-6H3. The Labute approximate surface area is 124 Å². The van der Waals surface area contributed by atoms with E-state index < -0.39 is 0 Å². The van der Waals surface area contributed by atoms with Gasteiger partial charge in [0.2, 0.25) is 0 Å². The molecular weight excluding hydrogens is 250 g/mol. The predicted octanol–water partition coefficient (Wildman–Crippen LogP) is 2.33. The Morgan fingerprint density at radius 1 is 1.25 bits per heavy atom. The van der Waals surface area contributed by atoms with E-state index in [-0.39, 0.29) is 0 Å². The Hall–Kier alpha value is -0.840. The fourth-order valence-electron chi connectivity index (χ4n) is 2.34. The summed E-state index contributed by atoms with van der Waals surface area (Å²) in [5.41, 5.74) is 1.31. The van der Waals surface area contributed by atoms with Crippen LogP contribution in [0, 0.1) is 12.8 Å². The van der Waals surface area contributed by atoms with Crippen LogP contribution in [0.4, 0.5) is 0 Å². The number of hydrogen-bond acceptors (Lipinski definition) is 4. The molecule has 0 unspecified atom stereocenters. The monoisotopic (exact) mass is 281 g/mol. The first-order valence-electron chi connectivity index (χ1n) is 7.52. The number of aryl methyl sites for hydroxylation is 1. The molecule has 0 aliphatic heterocycles. The van der Waals surface area contributed by atoms with Crippen LogP contribution in [-0.4, -0.2) is 50.6 Å². The predicted molar refractivity (Wildman–Crippen MR) is 84.9 cm³/mol. The van der Waals surface area contributed by atoms with Gasteiger partial charge in [-0.1, -0.05) is 13.8 Å². The zero-order valence-corrected chi connectivity index (χ0v) is 14.0.